The van der Waals surface area contributed by atoms with E-state index in [9.17, 15) is 13.2 Å². The van der Waals surface area contributed by atoms with Gasteiger partial charge in [0.05, 0.1) is 11.4 Å². The Morgan fingerprint density at radius 3 is 2.24 bits per heavy atom. The molecule has 2 aliphatic heterocycles. The van der Waals surface area contributed by atoms with Gasteiger partial charge in [-0.15, -0.1) is 0 Å². The first kappa shape index (κ1) is 16.1. The summed E-state index contributed by atoms with van der Waals surface area (Å²) in [5.41, 5.74) is 3.86. The summed E-state index contributed by atoms with van der Waals surface area (Å²) in [5, 5.41) is 0. The first-order valence-electron chi connectivity index (χ1n) is 8.53. The number of rotatable bonds is 4. The van der Waals surface area contributed by atoms with Crippen LogP contribution in [0.1, 0.15) is 17.5 Å². The molecule has 2 aliphatic rings. The smallest absolute Gasteiger partial charge is 0.235 e. The summed E-state index contributed by atoms with van der Waals surface area (Å²) in [4.78, 5) is 14.3. The van der Waals surface area contributed by atoms with Gasteiger partial charge in [0.2, 0.25) is 15.9 Å². The van der Waals surface area contributed by atoms with Gasteiger partial charge in [-0.25, -0.2) is 8.42 Å². The largest absolute Gasteiger partial charge is 0.312 e. The van der Waals surface area contributed by atoms with Crippen LogP contribution in [0.25, 0.3) is 0 Å². The number of hydrogen-bond donors (Lipinski definition) is 0. The molecular formula is C19H20N2O3S. The topological polar surface area (TPSA) is 57.7 Å². The normalized spacial score (nSPS) is 16.0. The molecule has 0 spiro atoms. The van der Waals surface area contributed by atoms with Gasteiger partial charge in [-0.2, -0.15) is 0 Å². The maximum Gasteiger partial charge on any atom is 0.235 e. The zero-order valence-electron chi connectivity index (χ0n) is 13.9. The highest BCUT2D eigenvalue weighted by atomic mass is 32.2. The number of amides is 1. The Hall–Kier alpha value is -2.34. The summed E-state index contributed by atoms with van der Waals surface area (Å²) in [5.74, 6) is -0.278. The molecule has 2 aromatic carbocycles. The van der Waals surface area contributed by atoms with E-state index in [1.807, 2.05) is 48.5 Å². The molecule has 0 saturated heterocycles. The average molecular weight is 356 g/mol. The number of carbonyl (C=O) groups excluding carboxylic acids is 1. The Labute approximate surface area is 147 Å². The van der Waals surface area contributed by atoms with E-state index in [1.165, 1.54) is 4.31 Å². The molecule has 0 N–H and O–H groups in total. The molecule has 0 atom stereocenters. The highest BCUT2D eigenvalue weighted by Crippen LogP contribution is 2.31. The van der Waals surface area contributed by atoms with Crippen molar-refractivity contribution in [3.8, 4) is 0 Å². The minimum Gasteiger partial charge on any atom is -0.312 e. The quantitative estimate of drug-likeness (QED) is 0.845. The number of hydrogen-bond acceptors (Lipinski definition) is 3. The first-order valence-corrected chi connectivity index (χ1v) is 10.1. The van der Waals surface area contributed by atoms with E-state index in [4.69, 9.17) is 0 Å². The zero-order valence-corrected chi connectivity index (χ0v) is 14.7. The van der Waals surface area contributed by atoms with Gasteiger partial charge in [-0.1, -0.05) is 36.4 Å². The second-order valence-electron chi connectivity index (χ2n) is 6.44. The third kappa shape index (κ3) is 2.91. The number of benzene rings is 2. The van der Waals surface area contributed by atoms with Crippen molar-refractivity contribution < 1.29 is 13.2 Å². The van der Waals surface area contributed by atoms with E-state index in [2.05, 4.69) is 0 Å². The minimum absolute atomic E-state index is 0.00926. The molecule has 0 aromatic heterocycles. The summed E-state index contributed by atoms with van der Waals surface area (Å²) < 4.78 is 26.9. The molecule has 0 radical (unpaired) electrons. The van der Waals surface area contributed by atoms with Gasteiger partial charge in [0.15, 0.2) is 0 Å². The van der Waals surface area contributed by atoms with Gasteiger partial charge in [0.25, 0.3) is 0 Å². The van der Waals surface area contributed by atoms with Gasteiger partial charge in [-0.3, -0.25) is 9.10 Å². The van der Waals surface area contributed by atoms with Crippen LogP contribution in [0, 0.1) is 0 Å². The van der Waals surface area contributed by atoms with Crippen LogP contribution in [0.5, 0.6) is 0 Å². The summed E-state index contributed by atoms with van der Waals surface area (Å²) in [6, 6.07) is 15.4. The molecule has 0 saturated carbocycles. The van der Waals surface area contributed by atoms with Crippen LogP contribution in [0.15, 0.2) is 48.5 Å². The molecule has 2 heterocycles. The molecule has 0 aliphatic carbocycles. The van der Waals surface area contributed by atoms with Crippen molar-refractivity contribution in [3.05, 3.63) is 59.7 Å². The van der Waals surface area contributed by atoms with E-state index >= 15 is 0 Å². The standard InChI is InChI=1S/C19H20N2O3S/c22-19(20-12-9-15-5-1-3-7-17(15)20)11-14-25(23,24)21-13-10-16-6-2-4-8-18(16)21/h1-8H,9-14H2. The van der Waals surface area contributed by atoms with E-state index in [0.29, 0.717) is 13.1 Å². The van der Waals surface area contributed by atoms with Crippen LogP contribution in [-0.4, -0.2) is 33.2 Å². The number of sulfonamides is 1. The highest BCUT2D eigenvalue weighted by Gasteiger charge is 2.31. The maximum atomic E-state index is 12.7. The molecule has 6 heteroatoms. The monoisotopic (exact) mass is 356 g/mol. The van der Waals surface area contributed by atoms with Crippen LogP contribution in [-0.2, 0) is 27.7 Å². The van der Waals surface area contributed by atoms with Crippen LogP contribution in [0.4, 0.5) is 11.4 Å². The minimum atomic E-state index is -3.49. The van der Waals surface area contributed by atoms with Crippen molar-refractivity contribution in [2.75, 3.05) is 28.0 Å². The lowest BCUT2D eigenvalue weighted by Crippen LogP contribution is -2.35. The predicted molar refractivity (Wildman–Crippen MR) is 98.4 cm³/mol. The van der Waals surface area contributed by atoms with Gasteiger partial charge >= 0.3 is 0 Å². The van der Waals surface area contributed by atoms with E-state index < -0.39 is 10.0 Å². The Kier molecular flexibility index (Phi) is 4.00. The van der Waals surface area contributed by atoms with E-state index in [-0.39, 0.29) is 18.1 Å². The van der Waals surface area contributed by atoms with Crippen molar-refractivity contribution >= 4 is 27.3 Å². The van der Waals surface area contributed by atoms with Gasteiger partial charge in [-0.05, 0) is 36.1 Å². The number of fused-ring (bicyclic) bond motifs is 2. The maximum absolute atomic E-state index is 12.7. The lowest BCUT2D eigenvalue weighted by molar-refractivity contribution is -0.118. The molecule has 4 rings (SSSR count). The molecule has 0 bridgehead atoms. The van der Waals surface area contributed by atoms with Crippen molar-refractivity contribution in [1.29, 1.82) is 0 Å². The Balaban J connectivity index is 1.46. The lowest BCUT2D eigenvalue weighted by Gasteiger charge is -2.21. The third-order valence-corrected chi connectivity index (χ3v) is 6.71. The second-order valence-corrected chi connectivity index (χ2v) is 8.45. The lowest BCUT2D eigenvalue weighted by atomic mass is 10.2. The number of anilines is 2. The van der Waals surface area contributed by atoms with Crippen LogP contribution >= 0.6 is 0 Å². The Morgan fingerprint density at radius 2 is 1.48 bits per heavy atom. The zero-order chi connectivity index (χ0) is 17.4. The van der Waals surface area contributed by atoms with Gasteiger partial charge < -0.3 is 4.90 Å². The first-order chi connectivity index (χ1) is 12.1. The SMILES string of the molecule is O=C(CCS(=O)(=O)N1CCc2ccccc21)N1CCc2ccccc21. The molecule has 5 nitrogen and oxygen atoms in total. The molecule has 1 amide bonds. The molecule has 25 heavy (non-hydrogen) atoms. The van der Waals surface area contributed by atoms with Crippen molar-refractivity contribution in [2.45, 2.75) is 19.3 Å². The summed E-state index contributed by atoms with van der Waals surface area (Å²) in [6.07, 6.45) is 1.56. The number of carbonyl (C=O) groups is 1. The van der Waals surface area contributed by atoms with Crippen LogP contribution < -0.4 is 9.21 Å². The fourth-order valence-corrected chi connectivity index (χ4v) is 5.16. The third-order valence-electron chi connectivity index (χ3n) is 4.94. The van der Waals surface area contributed by atoms with Crippen LogP contribution in [0.3, 0.4) is 0 Å². The van der Waals surface area contributed by atoms with Gasteiger partial charge in [0.1, 0.15) is 0 Å². The van der Waals surface area contributed by atoms with Crippen molar-refractivity contribution in [2.24, 2.45) is 0 Å². The summed E-state index contributed by atoms with van der Waals surface area (Å²) in [6.45, 7) is 1.09. The van der Waals surface area contributed by atoms with E-state index in [1.54, 1.807) is 4.90 Å². The van der Waals surface area contributed by atoms with Crippen molar-refractivity contribution in [1.82, 2.24) is 0 Å². The van der Waals surface area contributed by atoms with Crippen LogP contribution in [0.2, 0.25) is 0 Å². The highest BCUT2D eigenvalue weighted by molar-refractivity contribution is 7.92. The second kappa shape index (κ2) is 6.19. The molecule has 130 valence electrons. The van der Waals surface area contributed by atoms with Crippen molar-refractivity contribution in [3.63, 3.8) is 0 Å². The average Bonchev–Trinajstić information content (AvgIpc) is 3.24. The summed E-state index contributed by atoms with van der Waals surface area (Å²) >= 11 is 0. The fourth-order valence-electron chi connectivity index (χ4n) is 3.66. The Bertz CT molecular complexity index is 924. The van der Waals surface area contributed by atoms with E-state index in [0.717, 1.165) is 35.3 Å². The number of nitrogens with zero attached hydrogens (tertiary/aromatic N) is 2. The molecule has 0 unspecified atom stereocenters. The summed E-state index contributed by atoms with van der Waals surface area (Å²) in [7, 11) is -3.49. The fraction of sp³-hybridized carbons (Fsp3) is 0.316. The Morgan fingerprint density at radius 1 is 0.880 bits per heavy atom. The molecule has 2 aromatic rings. The van der Waals surface area contributed by atoms with Gasteiger partial charge in [0, 0.05) is 25.2 Å². The number of para-hydroxylation sites is 2. The molecule has 0 fully saturated rings. The molecular weight excluding hydrogens is 336 g/mol. The predicted octanol–water partition coefficient (Wildman–Crippen LogP) is 2.36.